The topological polar surface area (TPSA) is 29.4 Å². The van der Waals surface area contributed by atoms with Crippen LogP contribution in [0.1, 0.15) is 68.7 Å². The highest BCUT2D eigenvalue weighted by Crippen LogP contribution is 2.19. The number of carbonyl (C=O) groups is 1. The third-order valence-electron chi connectivity index (χ3n) is 3.75. The van der Waals surface area contributed by atoms with E-state index in [1.54, 1.807) is 6.92 Å². The van der Waals surface area contributed by atoms with Gasteiger partial charge in [0.2, 0.25) is 0 Å². The van der Waals surface area contributed by atoms with E-state index in [4.69, 9.17) is 0 Å². The van der Waals surface area contributed by atoms with Gasteiger partial charge >= 0.3 is 0 Å². The fourth-order valence-corrected chi connectivity index (χ4v) is 2.63. The van der Waals surface area contributed by atoms with Gasteiger partial charge in [-0.1, -0.05) is 64.1 Å². The van der Waals surface area contributed by atoms with Crippen molar-refractivity contribution in [3.05, 3.63) is 70.3 Å². The molecule has 0 fully saturated rings. The van der Waals surface area contributed by atoms with Crippen LogP contribution >= 0.6 is 0 Å². The molecule has 2 rings (SSSR count). The predicted molar refractivity (Wildman–Crippen MR) is 113 cm³/mol. The molecule has 25 heavy (non-hydrogen) atoms. The van der Waals surface area contributed by atoms with Gasteiger partial charge in [0.25, 0.3) is 0 Å². The summed E-state index contributed by atoms with van der Waals surface area (Å²) in [4.78, 5) is 16.2. The number of Topliss-reactive ketones (excluding diaryl/α,β-unsaturated/α-hetero) is 1. The van der Waals surface area contributed by atoms with E-state index < -0.39 is 0 Å². The molecule has 0 aliphatic heterocycles. The van der Waals surface area contributed by atoms with Crippen LogP contribution in [0, 0.1) is 13.8 Å². The molecule has 2 heteroatoms. The summed E-state index contributed by atoms with van der Waals surface area (Å²) < 4.78 is 0. The zero-order valence-electron chi connectivity index (χ0n) is 17.1. The van der Waals surface area contributed by atoms with Crippen molar-refractivity contribution in [2.45, 2.75) is 54.9 Å². The zero-order chi connectivity index (χ0) is 19.4. The summed E-state index contributed by atoms with van der Waals surface area (Å²) in [6, 6.07) is 14.3. The van der Waals surface area contributed by atoms with Crippen molar-refractivity contribution in [1.29, 1.82) is 0 Å². The third-order valence-corrected chi connectivity index (χ3v) is 3.75. The molecule has 0 saturated carbocycles. The summed E-state index contributed by atoms with van der Waals surface area (Å²) in [7, 11) is 1.81. The molecule has 0 saturated heterocycles. The molecular weight excluding hydrogens is 306 g/mol. The Morgan fingerprint density at radius 3 is 1.92 bits per heavy atom. The SMILES string of the molecule is CC.CC.CN=C(Cc1ccccc1)c1cc(C(C)=O)c(C)cc1C.[HH]. The number of hydrogen-bond acceptors (Lipinski definition) is 2. The van der Waals surface area contributed by atoms with Crippen LogP contribution in [0.5, 0.6) is 0 Å². The first kappa shape index (κ1) is 22.8. The lowest BCUT2D eigenvalue weighted by molar-refractivity contribution is 0.101. The van der Waals surface area contributed by atoms with Gasteiger partial charge in [-0.15, -0.1) is 0 Å². The van der Waals surface area contributed by atoms with Crippen molar-refractivity contribution in [1.82, 2.24) is 0 Å². The van der Waals surface area contributed by atoms with Gasteiger partial charge in [0.15, 0.2) is 5.78 Å². The third kappa shape index (κ3) is 6.66. The molecule has 2 aromatic carbocycles. The standard InChI is InChI=1S/C19H21NO.2C2H6.H2/c1-13-10-14(2)18(12-17(13)15(3)21)19(20-4)11-16-8-6-5-7-9-16;2*1-2;/h5-10,12H,11H2,1-4H3;2*1-2H3;1H. The molecule has 138 valence electrons. The minimum absolute atomic E-state index is 0. The summed E-state index contributed by atoms with van der Waals surface area (Å²) in [5, 5.41) is 0. The minimum Gasteiger partial charge on any atom is -0.295 e. The van der Waals surface area contributed by atoms with E-state index in [1.165, 1.54) is 5.56 Å². The first-order valence-corrected chi connectivity index (χ1v) is 9.15. The quantitative estimate of drug-likeness (QED) is 0.463. The van der Waals surface area contributed by atoms with Crippen LogP contribution in [0.4, 0.5) is 0 Å². The van der Waals surface area contributed by atoms with E-state index in [0.29, 0.717) is 0 Å². The number of rotatable bonds is 4. The summed E-state index contributed by atoms with van der Waals surface area (Å²) in [5.41, 5.74) is 6.28. The van der Waals surface area contributed by atoms with Gasteiger partial charge in [-0.25, -0.2) is 0 Å². The Labute approximate surface area is 155 Å². The Balaban J connectivity index is 0. The molecular formula is C23H35NO. The van der Waals surface area contributed by atoms with E-state index in [-0.39, 0.29) is 7.21 Å². The first-order valence-electron chi connectivity index (χ1n) is 9.15. The number of carbonyl (C=O) groups excluding carboxylic acids is 1. The van der Waals surface area contributed by atoms with Gasteiger partial charge in [-0.3, -0.25) is 9.79 Å². The van der Waals surface area contributed by atoms with Crippen molar-refractivity contribution in [3.8, 4) is 0 Å². The predicted octanol–water partition coefficient (Wildman–Crippen LogP) is 6.47. The molecule has 0 unspecified atom stereocenters. The van der Waals surface area contributed by atoms with E-state index >= 15 is 0 Å². The minimum atomic E-state index is 0. The van der Waals surface area contributed by atoms with Crippen molar-refractivity contribution in [2.24, 2.45) is 4.99 Å². The number of benzene rings is 2. The monoisotopic (exact) mass is 341 g/mol. The highest BCUT2D eigenvalue weighted by molar-refractivity contribution is 6.05. The number of ketones is 1. The van der Waals surface area contributed by atoms with Gasteiger partial charge in [0.05, 0.1) is 0 Å². The largest absolute Gasteiger partial charge is 0.295 e. The number of nitrogens with zero attached hydrogens (tertiary/aromatic N) is 1. The maximum atomic E-state index is 11.8. The Kier molecular flexibility index (Phi) is 11.1. The van der Waals surface area contributed by atoms with E-state index in [2.05, 4.69) is 30.1 Å². The molecule has 0 heterocycles. The average molecular weight is 342 g/mol. The first-order chi connectivity index (χ1) is 12.0. The molecule has 0 N–H and O–H groups in total. The maximum absolute atomic E-state index is 11.8. The Morgan fingerprint density at radius 1 is 0.920 bits per heavy atom. The van der Waals surface area contributed by atoms with E-state index in [0.717, 1.165) is 34.4 Å². The molecule has 2 aromatic rings. The van der Waals surface area contributed by atoms with Crippen LogP contribution < -0.4 is 0 Å². The summed E-state index contributed by atoms with van der Waals surface area (Å²) >= 11 is 0. The van der Waals surface area contributed by atoms with Crippen LogP contribution in [0.3, 0.4) is 0 Å². The van der Waals surface area contributed by atoms with E-state index in [1.807, 2.05) is 65.9 Å². The van der Waals surface area contributed by atoms with Crippen LogP contribution in [0.25, 0.3) is 0 Å². The van der Waals surface area contributed by atoms with Gasteiger partial charge < -0.3 is 0 Å². The molecule has 0 bridgehead atoms. The molecule has 0 aliphatic rings. The highest BCUT2D eigenvalue weighted by Gasteiger charge is 2.12. The second-order valence-corrected chi connectivity index (χ2v) is 5.37. The summed E-state index contributed by atoms with van der Waals surface area (Å²) in [5.74, 6) is 0.101. The van der Waals surface area contributed by atoms with Gasteiger partial charge in [-0.05, 0) is 49.1 Å². The van der Waals surface area contributed by atoms with Crippen molar-refractivity contribution in [3.63, 3.8) is 0 Å². The average Bonchev–Trinajstić information content (AvgIpc) is 2.64. The second-order valence-electron chi connectivity index (χ2n) is 5.37. The molecule has 0 radical (unpaired) electrons. The molecule has 0 aromatic heterocycles. The van der Waals surface area contributed by atoms with Crippen molar-refractivity contribution < 1.29 is 6.22 Å². The van der Waals surface area contributed by atoms with Crippen LogP contribution in [0.2, 0.25) is 0 Å². The Bertz CT molecular complexity index is 691. The maximum Gasteiger partial charge on any atom is 0.160 e. The fourth-order valence-electron chi connectivity index (χ4n) is 2.63. The lowest BCUT2D eigenvalue weighted by Crippen LogP contribution is -2.10. The number of aliphatic imine (C=N–C) groups is 1. The van der Waals surface area contributed by atoms with Gasteiger partial charge in [0, 0.05) is 26.2 Å². The zero-order valence-corrected chi connectivity index (χ0v) is 17.1. The Hall–Kier alpha value is -2.22. The fraction of sp³-hybridized carbons (Fsp3) is 0.391. The molecule has 0 amide bonds. The number of hydrogen-bond donors (Lipinski definition) is 0. The van der Waals surface area contributed by atoms with Crippen LogP contribution in [-0.2, 0) is 6.42 Å². The van der Waals surface area contributed by atoms with Gasteiger partial charge in [0.1, 0.15) is 0 Å². The van der Waals surface area contributed by atoms with Crippen LogP contribution in [0.15, 0.2) is 47.5 Å². The van der Waals surface area contributed by atoms with E-state index in [9.17, 15) is 4.79 Å². The second kappa shape index (κ2) is 12.2. The normalized spacial score (nSPS) is 10.2. The number of aryl methyl sites for hydroxylation is 2. The van der Waals surface area contributed by atoms with Gasteiger partial charge in [-0.2, -0.15) is 0 Å². The Morgan fingerprint density at radius 2 is 1.44 bits per heavy atom. The lowest BCUT2D eigenvalue weighted by Gasteiger charge is -2.13. The summed E-state index contributed by atoms with van der Waals surface area (Å²) in [6.07, 6.45) is 0.776. The van der Waals surface area contributed by atoms with Crippen LogP contribution in [-0.4, -0.2) is 18.5 Å². The summed E-state index contributed by atoms with van der Waals surface area (Å²) in [6.45, 7) is 13.7. The lowest BCUT2D eigenvalue weighted by atomic mass is 9.92. The smallest absolute Gasteiger partial charge is 0.160 e. The molecule has 0 spiro atoms. The molecule has 0 atom stereocenters. The molecule has 2 nitrogen and oxygen atoms in total. The molecule has 0 aliphatic carbocycles. The van der Waals surface area contributed by atoms with Crippen molar-refractivity contribution in [2.75, 3.05) is 7.05 Å². The highest BCUT2D eigenvalue weighted by atomic mass is 16.1. The van der Waals surface area contributed by atoms with Crippen molar-refractivity contribution >= 4 is 11.5 Å².